The molecule has 14 nitrogen and oxygen atoms in total. The number of carbonyl (C=O) groups excluding carboxylic acids is 7. The van der Waals surface area contributed by atoms with Gasteiger partial charge in [-0.25, -0.2) is 0 Å². The third-order valence-corrected chi connectivity index (χ3v) is 6.39. The highest BCUT2D eigenvalue weighted by molar-refractivity contribution is 5.95. The first-order chi connectivity index (χ1) is 17.5. The van der Waals surface area contributed by atoms with E-state index in [9.17, 15) is 33.6 Å². The Morgan fingerprint density at radius 2 is 1.16 bits per heavy atom. The summed E-state index contributed by atoms with van der Waals surface area (Å²) in [7, 11) is 1.50. The summed E-state index contributed by atoms with van der Waals surface area (Å²) in [6.45, 7) is 4.33. The van der Waals surface area contributed by atoms with Crippen molar-refractivity contribution in [2.75, 3.05) is 33.2 Å². The van der Waals surface area contributed by atoms with Crippen LogP contribution in [0.1, 0.15) is 46.5 Å². The molecule has 0 saturated carbocycles. The number of hydrogen-bond donors (Lipinski definition) is 5. The Morgan fingerprint density at radius 1 is 0.730 bits per heavy atom. The van der Waals surface area contributed by atoms with Gasteiger partial charge in [0.05, 0.1) is 13.1 Å². The summed E-state index contributed by atoms with van der Waals surface area (Å²) in [6, 6.07) is -3.14. The highest BCUT2D eigenvalue weighted by Gasteiger charge is 2.36. The summed E-state index contributed by atoms with van der Waals surface area (Å²) in [5, 5.41) is 12.5. The van der Waals surface area contributed by atoms with Crippen molar-refractivity contribution < 1.29 is 33.6 Å². The van der Waals surface area contributed by atoms with Crippen molar-refractivity contribution >= 4 is 41.4 Å². The van der Waals surface area contributed by atoms with Crippen molar-refractivity contribution in [2.24, 2.45) is 0 Å². The highest BCUT2D eigenvalue weighted by Crippen LogP contribution is 2.18. The van der Waals surface area contributed by atoms with Crippen LogP contribution in [0.25, 0.3) is 0 Å². The number of likely N-dealkylation sites (tertiary alicyclic amines) is 2. The summed E-state index contributed by atoms with van der Waals surface area (Å²) in [6.07, 6.45) is 2.23. The molecule has 2 saturated heterocycles. The normalized spacial score (nSPS) is 20.4. The highest BCUT2D eigenvalue weighted by atomic mass is 16.2. The second-order valence-corrected chi connectivity index (χ2v) is 9.19. The summed E-state index contributed by atoms with van der Waals surface area (Å²) in [5.41, 5.74) is 0. The smallest absolute Gasteiger partial charge is 0.243 e. The molecule has 0 unspecified atom stereocenters. The van der Waals surface area contributed by atoms with E-state index < -0.39 is 47.8 Å². The van der Waals surface area contributed by atoms with E-state index >= 15 is 0 Å². The molecule has 2 fully saturated rings. The average Bonchev–Trinajstić information content (AvgIpc) is 3.54. The third kappa shape index (κ3) is 8.15. The SMILES string of the molecule is CNC(=O)[C@@H]1CCCN1C(=O)CNC(=O)[C@H](C)NC(=O)[C@@H]1CCCN1C(=O)CNC(=O)[C@H](C)NC(C)=O. The van der Waals surface area contributed by atoms with Gasteiger partial charge in [0.2, 0.25) is 41.4 Å². The molecule has 2 heterocycles. The molecule has 206 valence electrons. The van der Waals surface area contributed by atoms with E-state index in [-0.39, 0.29) is 30.8 Å². The van der Waals surface area contributed by atoms with E-state index in [0.717, 1.165) is 0 Å². The van der Waals surface area contributed by atoms with E-state index in [2.05, 4.69) is 26.6 Å². The Bertz CT molecular complexity index is 925. The van der Waals surface area contributed by atoms with Gasteiger partial charge in [-0.1, -0.05) is 0 Å². The van der Waals surface area contributed by atoms with Crippen molar-refractivity contribution in [1.82, 2.24) is 36.4 Å². The third-order valence-electron chi connectivity index (χ3n) is 6.39. The minimum atomic E-state index is -0.968. The van der Waals surface area contributed by atoms with Crippen LogP contribution in [0.2, 0.25) is 0 Å². The van der Waals surface area contributed by atoms with Crippen LogP contribution >= 0.6 is 0 Å². The van der Waals surface area contributed by atoms with Crippen LogP contribution in [-0.4, -0.2) is 109 Å². The fraction of sp³-hybridized carbons (Fsp3) is 0.696. The molecule has 14 heteroatoms. The molecule has 2 aliphatic rings. The molecule has 7 amide bonds. The molecule has 0 aliphatic carbocycles. The first-order valence-electron chi connectivity index (χ1n) is 12.4. The van der Waals surface area contributed by atoms with Gasteiger partial charge in [0, 0.05) is 27.1 Å². The van der Waals surface area contributed by atoms with Gasteiger partial charge in [0.15, 0.2) is 0 Å². The molecule has 0 aromatic heterocycles. The van der Waals surface area contributed by atoms with Crippen molar-refractivity contribution in [1.29, 1.82) is 0 Å². The number of rotatable bonds is 10. The van der Waals surface area contributed by atoms with E-state index in [0.29, 0.717) is 38.8 Å². The molecule has 37 heavy (non-hydrogen) atoms. The maximum atomic E-state index is 12.8. The number of nitrogens with zero attached hydrogens (tertiary/aromatic N) is 2. The van der Waals surface area contributed by atoms with Gasteiger partial charge in [-0.2, -0.15) is 0 Å². The van der Waals surface area contributed by atoms with E-state index in [4.69, 9.17) is 0 Å². The van der Waals surface area contributed by atoms with E-state index in [1.807, 2.05) is 0 Å². The van der Waals surface area contributed by atoms with E-state index in [1.165, 1.54) is 37.6 Å². The maximum Gasteiger partial charge on any atom is 0.243 e. The van der Waals surface area contributed by atoms with Crippen LogP contribution in [-0.2, 0) is 33.6 Å². The van der Waals surface area contributed by atoms with Gasteiger partial charge < -0.3 is 36.4 Å². The zero-order chi connectivity index (χ0) is 27.7. The molecule has 2 aliphatic heterocycles. The van der Waals surface area contributed by atoms with Gasteiger partial charge >= 0.3 is 0 Å². The number of nitrogens with one attached hydrogen (secondary N) is 5. The van der Waals surface area contributed by atoms with Gasteiger partial charge in [0.1, 0.15) is 24.2 Å². The molecular formula is C23H37N7O7. The predicted octanol–water partition coefficient (Wildman–Crippen LogP) is -3.02. The molecule has 5 N–H and O–H groups in total. The summed E-state index contributed by atoms with van der Waals surface area (Å²) in [5.74, 6) is -3.10. The Balaban J connectivity index is 1.82. The minimum absolute atomic E-state index is 0.254. The fourth-order valence-corrected chi connectivity index (χ4v) is 4.42. The molecule has 0 radical (unpaired) electrons. The Labute approximate surface area is 215 Å². The fourth-order valence-electron chi connectivity index (χ4n) is 4.42. The summed E-state index contributed by atoms with van der Waals surface area (Å²) >= 11 is 0. The second-order valence-electron chi connectivity index (χ2n) is 9.19. The molecule has 0 aromatic carbocycles. The number of hydrogen-bond acceptors (Lipinski definition) is 7. The maximum absolute atomic E-state index is 12.8. The van der Waals surface area contributed by atoms with Crippen molar-refractivity contribution in [3.05, 3.63) is 0 Å². The van der Waals surface area contributed by atoms with Gasteiger partial charge in [-0.3, -0.25) is 33.6 Å². The minimum Gasteiger partial charge on any atom is -0.357 e. The Hall–Kier alpha value is -3.71. The van der Waals surface area contributed by atoms with Crippen LogP contribution in [0.5, 0.6) is 0 Å². The van der Waals surface area contributed by atoms with Crippen LogP contribution in [0.15, 0.2) is 0 Å². The first kappa shape index (κ1) is 29.5. The lowest BCUT2D eigenvalue weighted by molar-refractivity contribution is -0.140. The lowest BCUT2D eigenvalue weighted by Gasteiger charge is -2.26. The van der Waals surface area contributed by atoms with Crippen molar-refractivity contribution in [3.63, 3.8) is 0 Å². The molecule has 0 aromatic rings. The van der Waals surface area contributed by atoms with Crippen LogP contribution in [0, 0.1) is 0 Å². The van der Waals surface area contributed by atoms with Crippen molar-refractivity contribution in [2.45, 2.75) is 70.6 Å². The summed E-state index contributed by atoms with van der Waals surface area (Å²) < 4.78 is 0. The zero-order valence-corrected chi connectivity index (χ0v) is 21.7. The van der Waals surface area contributed by atoms with Crippen LogP contribution in [0.3, 0.4) is 0 Å². The summed E-state index contributed by atoms with van der Waals surface area (Å²) in [4.78, 5) is 88.2. The van der Waals surface area contributed by atoms with Gasteiger partial charge in [-0.15, -0.1) is 0 Å². The Morgan fingerprint density at radius 3 is 1.59 bits per heavy atom. The monoisotopic (exact) mass is 523 g/mol. The van der Waals surface area contributed by atoms with Gasteiger partial charge in [-0.05, 0) is 39.5 Å². The standard InChI is InChI=1S/C23H37N7O7/c1-13(27-15(3)31)20(34)25-12-19(33)30-10-6-8-17(30)23(37)28-14(2)21(35)26-11-18(32)29-9-5-7-16(29)22(36)24-4/h13-14,16-17H,5-12H2,1-4H3,(H,24,36)(H,25,34)(H,26,35)(H,27,31)(H,28,37)/t13-,14-,16-,17-/m0/s1. The van der Waals surface area contributed by atoms with Crippen LogP contribution < -0.4 is 26.6 Å². The van der Waals surface area contributed by atoms with Gasteiger partial charge in [0.25, 0.3) is 0 Å². The number of carbonyl (C=O) groups is 7. The topological polar surface area (TPSA) is 186 Å². The molecule has 4 atom stereocenters. The lowest BCUT2D eigenvalue weighted by atomic mass is 10.2. The molecular weight excluding hydrogens is 486 g/mol. The molecule has 2 rings (SSSR count). The van der Waals surface area contributed by atoms with Crippen molar-refractivity contribution in [3.8, 4) is 0 Å². The van der Waals surface area contributed by atoms with E-state index in [1.54, 1.807) is 0 Å². The molecule has 0 spiro atoms. The second kappa shape index (κ2) is 13.6. The zero-order valence-electron chi connectivity index (χ0n) is 21.7. The predicted molar refractivity (Wildman–Crippen MR) is 130 cm³/mol. The quantitative estimate of drug-likeness (QED) is 0.202. The Kier molecular flexibility index (Phi) is 10.8. The largest absolute Gasteiger partial charge is 0.357 e. The molecule has 0 bridgehead atoms. The lowest BCUT2D eigenvalue weighted by Crippen LogP contribution is -2.55. The van der Waals surface area contributed by atoms with Crippen LogP contribution in [0.4, 0.5) is 0 Å². The number of amides is 7. The average molecular weight is 524 g/mol. The number of likely N-dealkylation sites (N-methyl/N-ethyl adjacent to an activating group) is 1. The first-order valence-corrected chi connectivity index (χ1v) is 12.4.